The minimum Gasteiger partial charge on any atom is -0.390 e. The normalized spacial score (nSPS) is 27.2. The predicted molar refractivity (Wildman–Crippen MR) is 149 cm³/mol. The third-order valence-electron chi connectivity index (χ3n) is 8.48. The molecule has 208 valence electrons. The van der Waals surface area contributed by atoms with Gasteiger partial charge < -0.3 is 20.1 Å². The summed E-state index contributed by atoms with van der Waals surface area (Å²) in [4.78, 5) is 0. The monoisotopic (exact) mass is 496 g/mol. The maximum atomic E-state index is 10.9. The van der Waals surface area contributed by atoms with E-state index in [1.54, 1.807) is 0 Å². The molecule has 0 spiro atoms. The van der Waals surface area contributed by atoms with Gasteiger partial charge in [0.15, 0.2) is 0 Å². The van der Waals surface area contributed by atoms with Crippen LogP contribution in [0.4, 0.5) is 0 Å². The van der Waals surface area contributed by atoms with Gasteiger partial charge in [-0.05, 0) is 88.5 Å². The highest BCUT2D eigenvalue weighted by molar-refractivity contribution is 5.18. The Morgan fingerprint density at radius 3 is 2.00 bits per heavy atom. The SMILES string of the molecule is CCCCCC(C)(O)CCCC(C)(O)CCCC(C)CCC1=CC(O)C(C)C(C)C1OCCCC. The van der Waals surface area contributed by atoms with Crippen molar-refractivity contribution in [2.75, 3.05) is 6.61 Å². The number of ether oxygens (including phenoxy) is 1. The molecule has 0 aliphatic heterocycles. The van der Waals surface area contributed by atoms with Gasteiger partial charge in [-0.15, -0.1) is 0 Å². The molecule has 0 fully saturated rings. The van der Waals surface area contributed by atoms with Crippen LogP contribution in [0.25, 0.3) is 0 Å². The van der Waals surface area contributed by atoms with Crippen LogP contribution in [-0.2, 0) is 4.74 Å². The van der Waals surface area contributed by atoms with E-state index in [1.165, 1.54) is 18.4 Å². The Bertz CT molecular complexity index is 583. The van der Waals surface area contributed by atoms with Gasteiger partial charge in [-0.3, -0.25) is 0 Å². The lowest BCUT2D eigenvalue weighted by atomic mass is 9.76. The maximum Gasteiger partial charge on any atom is 0.0815 e. The van der Waals surface area contributed by atoms with Gasteiger partial charge in [-0.1, -0.05) is 79.2 Å². The van der Waals surface area contributed by atoms with Crippen molar-refractivity contribution in [2.24, 2.45) is 17.8 Å². The zero-order valence-corrected chi connectivity index (χ0v) is 24.3. The molecule has 1 rings (SSSR count). The first kappa shape index (κ1) is 32.6. The van der Waals surface area contributed by atoms with E-state index in [0.29, 0.717) is 11.8 Å². The summed E-state index contributed by atoms with van der Waals surface area (Å²) in [5.41, 5.74) is 0.0251. The van der Waals surface area contributed by atoms with Crippen molar-refractivity contribution in [1.29, 1.82) is 0 Å². The fourth-order valence-corrected chi connectivity index (χ4v) is 5.47. The first-order chi connectivity index (χ1) is 16.4. The van der Waals surface area contributed by atoms with Crippen LogP contribution in [0.5, 0.6) is 0 Å². The molecule has 1 aliphatic carbocycles. The molecular formula is C31H60O4. The molecule has 0 bridgehead atoms. The van der Waals surface area contributed by atoms with E-state index in [-0.39, 0.29) is 18.1 Å². The molecular weight excluding hydrogens is 436 g/mol. The number of hydrogen-bond donors (Lipinski definition) is 3. The molecule has 0 aromatic carbocycles. The van der Waals surface area contributed by atoms with Crippen LogP contribution in [0.3, 0.4) is 0 Å². The van der Waals surface area contributed by atoms with Gasteiger partial charge in [0.25, 0.3) is 0 Å². The van der Waals surface area contributed by atoms with E-state index in [9.17, 15) is 15.3 Å². The second kappa shape index (κ2) is 16.4. The first-order valence-corrected chi connectivity index (χ1v) is 14.9. The average Bonchev–Trinajstić information content (AvgIpc) is 2.77. The Labute approximate surface area is 217 Å². The van der Waals surface area contributed by atoms with Crippen LogP contribution in [0.2, 0.25) is 0 Å². The molecule has 7 unspecified atom stereocenters. The van der Waals surface area contributed by atoms with Gasteiger partial charge in [0.2, 0.25) is 0 Å². The van der Waals surface area contributed by atoms with Gasteiger partial charge in [-0.2, -0.15) is 0 Å². The number of rotatable bonds is 19. The van der Waals surface area contributed by atoms with E-state index >= 15 is 0 Å². The number of aliphatic hydroxyl groups is 3. The Morgan fingerprint density at radius 1 is 0.829 bits per heavy atom. The van der Waals surface area contributed by atoms with Crippen molar-refractivity contribution in [3.63, 3.8) is 0 Å². The van der Waals surface area contributed by atoms with Crippen LogP contribution < -0.4 is 0 Å². The van der Waals surface area contributed by atoms with Crippen molar-refractivity contribution in [1.82, 2.24) is 0 Å². The summed E-state index contributed by atoms with van der Waals surface area (Å²) in [6.07, 6.45) is 15.7. The molecule has 0 saturated carbocycles. The number of aliphatic hydroxyl groups excluding tert-OH is 1. The van der Waals surface area contributed by atoms with Crippen LogP contribution in [-0.4, -0.2) is 45.3 Å². The molecule has 4 heteroatoms. The fourth-order valence-electron chi connectivity index (χ4n) is 5.47. The Kier molecular flexibility index (Phi) is 15.3. The standard InChI is InChI=1S/C31H60O4/c1-8-10-12-18-30(6,33)20-14-21-31(7,34)19-13-15-24(3)16-17-27-23-28(32)25(4)26(5)29(27)35-22-11-9-2/h23-26,28-29,32-34H,8-22H2,1-7H3. The second-order valence-corrected chi connectivity index (χ2v) is 12.4. The summed E-state index contributed by atoms with van der Waals surface area (Å²) < 4.78 is 6.28. The molecule has 35 heavy (non-hydrogen) atoms. The van der Waals surface area contributed by atoms with Crippen molar-refractivity contribution < 1.29 is 20.1 Å². The van der Waals surface area contributed by atoms with Crippen LogP contribution in [0.1, 0.15) is 138 Å². The molecule has 0 saturated heterocycles. The summed E-state index contributed by atoms with van der Waals surface area (Å²) in [5, 5.41) is 31.9. The molecule has 1 aliphatic rings. The lowest BCUT2D eigenvalue weighted by Crippen LogP contribution is -2.39. The zero-order chi connectivity index (χ0) is 26.5. The number of hydrogen-bond acceptors (Lipinski definition) is 4. The molecule has 0 aromatic rings. The smallest absolute Gasteiger partial charge is 0.0815 e. The van der Waals surface area contributed by atoms with Gasteiger partial charge in [0, 0.05) is 6.61 Å². The fraction of sp³-hybridized carbons (Fsp3) is 0.935. The molecule has 0 radical (unpaired) electrons. The predicted octanol–water partition coefficient (Wildman–Crippen LogP) is 7.58. The molecule has 0 aromatic heterocycles. The molecule has 7 atom stereocenters. The van der Waals surface area contributed by atoms with Crippen molar-refractivity contribution in [3.05, 3.63) is 11.6 Å². The van der Waals surface area contributed by atoms with Crippen LogP contribution >= 0.6 is 0 Å². The van der Waals surface area contributed by atoms with Crippen molar-refractivity contribution in [2.45, 2.75) is 162 Å². The van der Waals surface area contributed by atoms with E-state index in [4.69, 9.17) is 4.74 Å². The first-order valence-electron chi connectivity index (χ1n) is 14.9. The third kappa shape index (κ3) is 13.1. The second-order valence-electron chi connectivity index (χ2n) is 12.4. The molecule has 0 heterocycles. The quantitative estimate of drug-likeness (QED) is 0.127. The van der Waals surface area contributed by atoms with E-state index in [1.807, 2.05) is 13.8 Å². The zero-order valence-electron chi connectivity index (χ0n) is 24.3. The van der Waals surface area contributed by atoms with Gasteiger partial charge in [0.05, 0.1) is 23.4 Å². The lowest BCUT2D eigenvalue weighted by molar-refractivity contribution is -0.0123. The summed E-state index contributed by atoms with van der Waals surface area (Å²) in [7, 11) is 0. The number of unbranched alkanes of at least 4 members (excludes halogenated alkanes) is 3. The molecule has 4 nitrogen and oxygen atoms in total. The summed E-state index contributed by atoms with van der Waals surface area (Å²) >= 11 is 0. The van der Waals surface area contributed by atoms with Crippen molar-refractivity contribution in [3.8, 4) is 0 Å². The van der Waals surface area contributed by atoms with E-state index in [2.05, 4.69) is 40.7 Å². The largest absolute Gasteiger partial charge is 0.390 e. The Balaban J connectivity index is 2.40. The maximum absolute atomic E-state index is 10.9. The average molecular weight is 497 g/mol. The molecule has 3 N–H and O–H groups in total. The van der Waals surface area contributed by atoms with Gasteiger partial charge in [-0.25, -0.2) is 0 Å². The minimum atomic E-state index is -0.654. The lowest BCUT2D eigenvalue weighted by Gasteiger charge is -2.38. The van der Waals surface area contributed by atoms with Crippen LogP contribution in [0.15, 0.2) is 11.6 Å². The minimum absolute atomic E-state index is 0.132. The highest BCUT2D eigenvalue weighted by atomic mass is 16.5. The Morgan fingerprint density at radius 2 is 1.40 bits per heavy atom. The summed E-state index contributed by atoms with van der Waals surface area (Å²) in [5.74, 6) is 1.14. The topological polar surface area (TPSA) is 69.9 Å². The van der Waals surface area contributed by atoms with Gasteiger partial charge >= 0.3 is 0 Å². The van der Waals surface area contributed by atoms with E-state index in [0.717, 1.165) is 83.7 Å². The highest BCUT2D eigenvalue weighted by Gasteiger charge is 2.34. The van der Waals surface area contributed by atoms with Crippen molar-refractivity contribution >= 4 is 0 Å². The highest BCUT2D eigenvalue weighted by Crippen LogP contribution is 2.35. The summed E-state index contributed by atoms with van der Waals surface area (Å²) in [6, 6.07) is 0. The summed E-state index contributed by atoms with van der Waals surface area (Å²) in [6.45, 7) is 15.7. The van der Waals surface area contributed by atoms with E-state index < -0.39 is 11.2 Å². The Hall–Kier alpha value is -0.420. The van der Waals surface area contributed by atoms with Crippen LogP contribution in [0, 0.1) is 17.8 Å². The van der Waals surface area contributed by atoms with Gasteiger partial charge in [0.1, 0.15) is 0 Å². The molecule has 0 amide bonds. The third-order valence-corrected chi connectivity index (χ3v) is 8.48.